The zero-order valence-electron chi connectivity index (χ0n) is 11.0. The van der Waals surface area contributed by atoms with Crippen molar-refractivity contribution in [3.8, 4) is 0 Å². The summed E-state index contributed by atoms with van der Waals surface area (Å²) in [6, 6.07) is 0. The van der Waals surface area contributed by atoms with Crippen LogP contribution >= 0.6 is 0 Å². The molecule has 2 N–H and O–H groups in total. The minimum Gasteiger partial charge on any atom is -0.481 e. The summed E-state index contributed by atoms with van der Waals surface area (Å²) in [5.41, 5.74) is 0.329. The molecule has 0 aliphatic heterocycles. The molecule has 19 heavy (non-hydrogen) atoms. The van der Waals surface area contributed by atoms with Gasteiger partial charge in [-0.05, 0) is 18.8 Å². The number of aliphatic carboxylic acids is 1. The fourth-order valence-electron chi connectivity index (χ4n) is 1.94. The van der Waals surface area contributed by atoms with Crippen molar-refractivity contribution in [3.63, 3.8) is 0 Å². The van der Waals surface area contributed by atoms with E-state index in [0.717, 1.165) is 0 Å². The molecule has 1 aromatic rings. The molecule has 1 heterocycles. The van der Waals surface area contributed by atoms with E-state index in [9.17, 15) is 9.59 Å². The number of carbonyl (C=O) groups is 2. The number of hydrogen-bond acceptors (Lipinski definition) is 4. The second-order valence-corrected chi connectivity index (χ2v) is 5.24. The van der Waals surface area contributed by atoms with E-state index >= 15 is 0 Å². The number of rotatable bonds is 5. The Morgan fingerprint density at radius 1 is 1.47 bits per heavy atom. The molecular formula is C13H17N3O3. The number of nitrogens with one attached hydrogen (secondary N) is 1. The highest BCUT2D eigenvalue weighted by atomic mass is 16.4. The van der Waals surface area contributed by atoms with Gasteiger partial charge in [-0.25, -0.2) is 9.97 Å². The molecule has 6 nitrogen and oxygen atoms in total. The van der Waals surface area contributed by atoms with Crippen LogP contribution in [0.15, 0.2) is 12.5 Å². The van der Waals surface area contributed by atoms with Gasteiger partial charge in [-0.1, -0.05) is 13.8 Å². The smallest absolute Gasteiger partial charge is 0.311 e. The van der Waals surface area contributed by atoms with Crippen LogP contribution in [0.1, 0.15) is 48.7 Å². The molecule has 1 aliphatic carbocycles. The Morgan fingerprint density at radius 3 is 2.68 bits per heavy atom. The predicted octanol–water partition coefficient (Wildman–Crippen LogP) is 1.19. The summed E-state index contributed by atoms with van der Waals surface area (Å²) in [6.07, 6.45) is 4.11. The molecule has 1 saturated carbocycles. The van der Waals surface area contributed by atoms with E-state index in [1.807, 2.05) is 13.8 Å². The van der Waals surface area contributed by atoms with Crippen LogP contribution in [0.25, 0.3) is 0 Å². The normalized spacial score (nSPS) is 16.2. The number of amides is 1. The van der Waals surface area contributed by atoms with Crippen LogP contribution in [0.4, 0.5) is 0 Å². The highest BCUT2D eigenvalue weighted by Crippen LogP contribution is 2.45. The van der Waals surface area contributed by atoms with Gasteiger partial charge in [0.2, 0.25) is 0 Å². The summed E-state index contributed by atoms with van der Waals surface area (Å²) in [4.78, 5) is 31.1. The van der Waals surface area contributed by atoms with Crippen LogP contribution in [0.3, 0.4) is 0 Å². The summed E-state index contributed by atoms with van der Waals surface area (Å²) >= 11 is 0. The summed E-state index contributed by atoms with van der Waals surface area (Å²) in [6.45, 7) is 4.05. The highest BCUT2D eigenvalue weighted by molar-refractivity contribution is 5.95. The van der Waals surface area contributed by atoms with E-state index in [-0.39, 0.29) is 18.4 Å². The lowest BCUT2D eigenvalue weighted by molar-refractivity contribution is -0.143. The van der Waals surface area contributed by atoms with E-state index < -0.39 is 11.4 Å². The van der Waals surface area contributed by atoms with Crippen molar-refractivity contribution in [1.29, 1.82) is 0 Å². The van der Waals surface area contributed by atoms with Crippen LogP contribution < -0.4 is 5.32 Å². The Labute approximate surface area is 111 Å². The average molecular weight is 263 g/mol. The third kappa shape index (κ3) is 2.72. The molecule has 0 atom stereocenters. The maximum absolute atomic E-state index is 12.1. The molecule has 0 radical (unpaired) electrons. The van der Waals surface area contributed by atoms with Gasteiger partial charge in [0, 0.05) is 12.7 Å². The topological polar surface area (TPSA) is 92.2 Å². The SMILES string of the molecule is CC(C)c1ncncc1C(=O)NCC1(C(=O)O)CC1. The van der Waals surface area contributed by atoms with Gasteiger partial charge in [0.1, 0.15) is 6.33 Å². The Bertz CT molecular complexity index is 510. The fourth-order valence-corrected chi connectivity index (χ4v) is 1.94. The van der Waals surface area contributed by atoms with Gasteiger partial charge >= 0.3 is 5.97 Å². The Hall–Kier alpha value is -1.98. The summed E-state index contributed by atoms with van der Waals surface area (Å²) < 4.78 is 0. The molecule has 0 bridgehead atoms. The zero-order valence-corrected chi connectivity index (χ0v) is 11.0. The molecule has 1 aliphatic rings. The largest absolute Gasteiger partial charge is 0.481 e. The molecule has 2 rings (SSSR count). The van der Waals surface area contributed by atoms with Gasteiger partial charge in [-0.3, -0.25) is 9.59 Å². The lowest BCUT2D eigenvalue weighted by Gasteiger charge is -2.13. The number of carboxylic acid groups (broad SMARTS) is 1. The fraction of sp³-hybridized carbons (Fsp3) is 0.538. The highest BCUT2D eigenvalue weighted by Gasteiger charge is 2.50. The van der Waals surface area contributed by atoms with Crippen molar-refractivity contribution in [1.82, 2.24) is 15.3 Å². The lowest BCUT2D eigenvalue weighted by atomic mass is 10.0. The number of hydrogen-bond donors (Lipinski definition) is 2. The molecule has 102 valence electrons. The van der Waals surface area contributed by atoms with Crippen molar-refractivity contribution >= 4 is 11.9 Å². The van der Waals surface area contributed by atoms with Crippen molar-refractivity contribution in [2.24, 2.45) is 5.41 Å². The average Bonchev–Trinajstić information content (AvgIpc) is 3.17. The molecule has 1 fully saturated rings. The molecule has 6 heteroatoms. The van der Waals surface area contributed by atoms with Gasteiger partial charge in [0.05, 0.1) is 16.7 Å². The standard InChI is InChI=1S/C13H17N3O3/c1-8(2)10-9(5-14-7-16-10)11(17)15-6-13(3-4-13)12(18)19/h5,7-8H,3-4,6H2,1-2H3,(H,15,17)(H,18,19). The monoisotopic (exact) mass is 263 g/mol. The second kappa shape index (κ2) is 4.95. The molecule has 1 aromatic heterocycles. The number of carboxylic acids is 1. The third-order valence-corrected chi connectivity index (χ3v) is 3.43. The van der Waals surface area contributed by atoms with Gasteiger partial charge in [-0.15, -0.1) is 0 Å². The Kier molecular flexibility index (Phi) is 3.50. The first kappa shape index (κ1) is 13.5. The van der Waals surface area contributed by atoms with Gasteiger partial charge in [0.25, 0.3) is 5.91 Å². The molecule has 0 spiro atoms. The van der Waals surface area contributed by atoms with Crippen LogP contribution in [0.5, 0.6) is 0 Å². The van der Waals surface area contributed by atoms with Gasteiger partial charge in [0.15, 0.2) is 0 Å². The summed E-state index contributed by atoms with van der Waals surface area (Å²) in [5.74, 6) is -1.05. The Morgan fingerprint density at radius 2 is 2.16 bits per heavy atom. The second-order valence-electron chi connectivity index (χ2n) is 5.24. The predicted molar refractivity (Wildman–Crippen MR) is 67.8 cm³/mol. The minimum absolute atomic E-state index is 0.109. The quantitative estimate of drug-likeness (QED) is 0.832. The minimum atomic E-state index is -0.846. The number of nitrogens with zero attached hydrogens (tertiary/aromatic N) is 2. The van der Waals surface area contributed by atoms with Crippen LogP contribution in [-0.4, -0.2) is 33.5 Å². The van der Waals surface area contributed by atoms with E-state index in [4.69, 9.17) is 5.11 Å². The molecule has 0 saturated heterocycles. The number of aromatic nitrogens is 2. The molecule has 0 aromatic carbocycles. The maximum atomic E-state index is 12.1. The van der Waals surface area contributed by atoms with Crippen molar-refractivity contribution < 1.29 is 14.7 Å². The third-order valence-electron chi connectivity index (χ3n) is 3.43. The van der Waals surface area contributed by atoms with E-state index in [1.165, 1.54) is 12.5 Å². The molecular weight excluding hydrogens is 246 g/mol. The van der Waals surface area contributed by atoms with E-state index in [1.54, 1.807) is 0 Å². The maximum Gasteiger partial charge on any atom is 0.311 e. The first-order chi connectivity index (χ1) is 8.96. The number of carbonyl (C=O) groups excluding carboxylic acids is 1. The van der Waals surface area contributed by atoms with Crippen molar-refractivity contribution in [2.45, 2.75) is 32.6 Å². The van der Waals surface area contributed by atoms with E-state index in [2.05, 4.69) is 15.3 Å². The summed E-state index contributed by atoms with van der Waals surface area (Å²) in [5, 5.41) is 11.7. The summed E-state index contributed by atoms with van der Waals surface area (Å²) in [7, 11) is 0. The van der Waals surface area contributed by atoms with E-state index in [0.29, 0.717) is 24.1 Å². The van der Waals surface area contributed by atoms with Crippen LogP contribution in [0, 0.1) is 5.41 Å². The van der Waals surface area contributed by atoms with Crippen molar-refractivity contribution in [2.75, 3.05) is 6.54 Å². The van der Waals surface area contributed by atoms with Gasteiger partial charge < -0.3 is 10.4 Å². The lowest BCUT2D eigenvalue weighted by Crippen LogP contribution is -2.34. The van der Waals surface area contributed by atoms with Gasteiger partial charge in [-0.2, -0.15) is 0 Å². The van der Waals surface area contributed by atoms with Crippen LogP contribution in [0.2, 0.25) is 0 Å². The van der Waals surface area contributed by atoms with Crippen molar-refractivity contribution in [3.05, 3.63) is 23.8 Å². The Balaban J connectivity index is 2.07. The first-order valence-electron chi connectivity index (χ1n) is 6.28. The van der Waals surface area contributed by atoms with Crippen LogP contribution in [-0.2, 0) is 4.79 Å². The first-order valence-corrected chi connectivity index (χ1v) is 6.28. The molecule has 1 amide bonds. The zero-order chi connectivity index (χ0) is 14.0. The molecule has 0 unspecified atom stereocenters.